The number of sulfonamides is 1. The number of benzene rings is 1. The first-order chi connectivity index (χ1) is 11.5. The topological polar surface area (TPSA) is 70.6 Å². The molecule has 2 aromatic rings. The van der Waals surface area contributed by atoms with E-state index in [1.165, 1.54) is 10.5 Å². The van der Waals surface area contributed by atoms with Crippen molar-refractivity contribution in [3.8, 4) is 0 Å². The molecule has 1 aliphatic rings. The molecule has 0 aliphatic carbocycles. The Labute approximate surface area is 149 Å². The van der Waals surface area contributed by atoms with Gasteiger partial charge in [-0.2, -0.15) is 4.31 Å². The minimum absolute atomic E-state index is 0.124. The van der Waals surface area contributed by atoms with Gasteiger partial charge in [-0.3, -0.25) is 9.78 Å². The van der Waals surface area contributed by atoms with Gasteiger partial charge < -0.3 is 4.90 Å². The van der Waals surface area contributed by atoms with Crippen molar-refractivity contribution < 1.29 is 13.2 Å². The van der Waals surface area contributed by atoms with E-state index in [0.29, 0.717) is 23.1 Å². The summed E-state index contributed by atoms with van der Waals surface area (Å²) in [5, 5.41) is 0. The lowest BCUT2D eigenvalue weighted by molar-refractivity contribution is 0.0697. The van der Waals surface area contributed by atoms with Crippen LogP contribution in [0.15, 0.2) is 58.2 Å². The molecule has 1 amide bonds. The van der Waals surface area contributed by atoms with Gasteiger partial charge in [0.2, 0.25) is 10.0 Å². The van der Waals surface area contributed by atoms with Gasteiger partial charge in [-0.1, -0.05) is 12.1 Å². The largest absolute Gasteiger partial charge is 0.336 e. The number of amides is 1. The van der Waals surface area contributed by atoms with Crippen LogP contribution in [-0.4, -0.2) is 54.7 Å². The molecule has 0 atom stereocenters. The van der Waals surface area contributed by atoms with Gasteiger partial charge in [0.1, 0.15) is 0 Å². The Hall–Kier alpha value is -1.77. The van der Waals surface area contributed by atoms with Gasteiger partial charge in [0.15, 0.2) is 0 Å². The van der Waals surface area contributed by atoms with Crippen molar-refractivity contribution in [1.82, 2.24) is 14.2 Å². The number of halogens is 1. The summed E-state index contributed by atoms with van der Waals surface area (Å²) >= 11 is 3.29. The fourth-order valence-electron chi connectivity index (χ4n) is 2.60. The summed E-state index contributed by atoms with van der Waals surface area (Å²) in [5.41, 5.74) is 0.514. The first kappa shape index (κ1) is 17.1. The monoisotopic (exact) mass is 409 g/mol. The molecule has 1 aliphatic heterocycles. The molecule has 0 N–H and O–H groups in total. The lowest BCUT2D eigenvalue weighted by atomic mass is 10.2. The molecule has 1 aromatic carbocycles. The minimum atomic E-state index is -3.57. The predicted molar refractivity (Wildman–Crippen MR) is 93.0 cm³/mol. The summed E-state index contributed by atoms with van der Waals surface area (Å²) < 4.78 is 27.4. The van der Waals surface area contributed by atoms with E-state index in [2.05, 4.69) is 20.9 Å². The number of carbonyl (C=O) groups excluding carboxylic acids is 1. The third-order valence-corrected chi connectivity index (χ3v) is 6.80. The summed E-state index contributed by atoms with van der Waals surface area (Å²) in [5.74, 6) is -0.124. The fraction of sp³-hybridized carbons (Fsp3) is 0.250. The Balaban J connectivity index is 1.71. The van der Waals surface area contributed by atoms with E-state index in [4.69, 9.17) is 0 Å². The van der Waals surface area contributed by atoms with E-state index in [-0.39, 0.29) is 23.9 Å². The molecule has 3 rings (SSSR count). The Morgan fingerprint density at radius 1 is 1.04 bits per heavy atom. The van der Waals surface area contributed by atoms with E-state index in [9.17, 15) is 13.2 Å². The Kier molecular flexibility index (Phi) is 4.98. The minimum Gasteiger partial charge on any atom is -0.336 e. The highest BCUT2D eigenvalue weighted by Gasteiger charge is 2.31. The van der Waals surface area contributed by atoms with Crippen molar-refractivity contribution in [1.29, 1.82) is 0 Å². The Morgan fingerprint density at radius 2 is 1.75 bits per heavy atom. The molecule has 24 heavy (non-hydrogen) atoms. The van der Waals surface area contributed by atoms with Crippen LogP contribution >= 0.6 is 15.9 Å². The molecule has 0 spiro atoms. The highest BCUT2D eigenvalue weighted by Crippen LogP contribution is 2.25. The molecule has 0 radical (unpaired) electrons. The van der Waals surface area contributed by atoms with Crippen molar-refractivity contribution >= 4 is 31.9 Å². The number of nitrogens with zero attached hydrogens (tertiary/aromatic N) is 3. The fourth-order valence-corrected chi connectivity index (χ4v) is 4.98. The SMILES string of the molecule is O=C(c1cccnc1)N1CCN(S(=O)(=O)c2ccccc2Br)CC1. The predicted octanol–water partition coefficient (Wildman–Crippen LogP) is 1.99. The zero-order valence-corrected chi connectivity index (χ0v) is 15.2. The second-order valence-corrected chi connectivity index (χ2v) is 8.13. The number of hydrogen-bond acceptors (Lipinski definition) is 4. The third kappa shape index (κ3) is 3.35. The Morgan fingerprint density at radius 3 is 2.38 bits per heavy atom. The number of hydrogen-bond donors (Lipinski definition) is 0. The van der Waals surface area contributed by atoms with E-state index >= 15 is 0 Å². The van der Waals surface area contributed by atoms with Crippen LogP contribution in [0.2, 0.25) is 0 Å². The van der Waals surface area contributed by atoms with Gasteiger partial charge in [-0.15, -0.1) is 0 Å². The molecule has 8 heteroatoms. The molecule has 1 saturated heterocycles. The number of aromatic nitrogens is 1. The van der Waals surface area contributed by atoms with Crippen LogP contribution in [0.25, 0.3) is 0 Å². The van der Waals surface area contributed by atoms with E-state index in [1.54, 1.807) is 47.5 Å². The highest BCUT2D eigenvalue weighted by atomic mass is 79.9. The molecule has 2 heterocycles. The van der Waals surface area contributed by atoms with Crippen LogP contribution in [0.5, 0.6) is 0 Å². The lowest BCUT2D eigenvalue weighted by Gasteiger charge is -2.34. The lowest BCUT2D eigenvalue weighted by Crippen LogP contribution is -2.50. The van der Waals surface area contributed by atoms with Crippen molar-refractivity contribution in [3.63, 3.8) is 0 Å². The summed E-state index contributed by atoms with van der Waals surface area (Å²) in [4.78, 5) is 18.2. The number of pyridine rings is 1. The molecular weight excluding hydrogens is 394 g/mol. The molecule has 0 unspecified atom stereocenters. The maximum atomic E-state index is 12.7. The average molecular weight is 410 g/mol. The van der Waals surface area contributed by atoms with Crippen molar-refractivity contribution in [2.45, 2.75) is 4.90 Å². The van der Waals surface area contributed by atoms with Crippen LogP contribution in [0.3, 0.4) is 0 Å². The normalized spacial score (nSPS) is 16.1. The number of rotatable bonds is 3. The van der Waals surface area contributed by atoms with Crippen LogP contribution in [-0.2, 0) is 10.0 Å². The van der Waals surface area contributed by atoms with Gasteiger partial charge in [-0.25, -0.2) is 8.42 Å². The molecule has 6 nitrogen and oxygen atoms in total. The second kappa shape index (κ2) is 7.00. The zero-order chi connectivity index (χ0) is 17.2. The van der Waals surface area contributed by atoms with E-state index in [1.807, 2.05) is 0 Å². The van der Waals surface area contributed by atoms with Gasteiger partial charge in [0, 0.05) is 43.0 Å². The van der Waals surface area contributed by atoms with Crippen molar-refractivity contribution in [2.75, 3.05) is 26.2 Å². The van der Waals surface area contributed by atoms with Crippen molar-refractivity contribution in [3.05, 3.63) is 58.8 Å². The number of carbonyl (C=O) groups is 1. The van der Waals surface area contributed by atoms with Crippen LogP contribution in [0.1, 0.15) is 10.4 Å². The summed E-state index contributed by atoms with van der Waals surface area (Å²) in [6.07, 6.45) is 3.13. The highest BCUT2D eigenvalue weighted by molar-refractivity contribution is 9.10. The van der Waals surface area contributed by atoms with Crippen LogP contribution < -0.4 is 0 Å². The van der Waals surface area contributed by atoms with Gasteiger partial charge in [0.25, 0.3) is 5.91 Å². The summed E-state index contributed by atoms with van der Waals surface area (Å²) in [7, 11) is -3.57. The second-order valence-electron chi connectivity index (χ2n) is 5.37. The standard InChI is InChI=1S/C16H16BrN3O3S/c17-14-5-1-2-6-15(14)24(22,23)20-10-8-19(9-11-20)16(21)13-4-3-7-18-12-13/h1-7,12H,8-11H2. The third-order valence-electron chi connectivity index (χ3n) is 3.89. The maximum Gasteiger partial charge on any atom is 0.255 e. The average Bonchev–Trinajstić information content (AvgIpc) is 2.62. The smallest absolute Gasteiger partial charge is 0.255 e. The van der Waals surface area contributed by atoms with E-state index in [0.717, 1.165) is 0 Å². The summed E-state index contributed by atoms with van der Waals surface area (Å²) in [6.45, 7) is 1.26. The van der Waals surface area contributed by atoms with Crippen LogP contribution in [0.4, 0.5) is 0 Å². The van der Waals surface area contributed by atoms with Gasteiger partial charge in [0.05, 0.1) is 10.5 Å². The molecule has 1 aromatic heterocycles. The maximum absolute atomic E-state index is 12.7. The first-order valence-electron chi connectivity index (χ1n) is 7.44. The quantitative estimate of drug-likeness (QED) is 0.776. The van der Waals surface area contributed by atoms with Gasteiger partial charge in [-0.05, 0) is 40.2 Å². The van der Waals surface area contributed by atoms with Crippen molar-refractivity contribution in [2.24, 2.45) is 0 Å². The molecule has 1 fully saturated rings. The number of piperazine rings is 1. The molecule has 0 saturated carbocycles. The van der Waals surface area contributed by atoms with Crippen LogP contribution in [0, 0.1) is 0 Å². The molecule has 0 bridgehead atoms. The zero-order valence-electron chi connectivity index (χ0n) is 12.8. The Bertz CT molecular complexity index is 835. The summed E-state index contributed by atoms with van der Waals surface area (Å²) in [6, 6.07) is 10.2. The molecular formula is C16H16BrN3O3S. The van der Waals surface area contributed by atoms with E-state index < -0.39 is 10.0 Å². The first-order valence-corrected chi connectivity index (χ1v) is 9.67. The molecule has 126 valence electrons. The van der Waals surface area contributed by atoms with Gasteiger partial charge >= 0.3 is 0 Å².